The zero-order chi connectivity index (χ0) is 23.8. The maximum Gasteiger partial charge on any atom is 0.264 e. The molecule has 0 unspecified atom stereocenters. The quantitative estimate of drug-likeness (QED) is 0.326. The molecule has 33 heavy (non-hydrogen) atoms. The Balaban J connectivity index is 1.82. The van der Waals surface area contributed by atoms with Crippen molar-refractivity contribution in [3.8, 4) is 5.75 Å². The van der Waals surface area contributed by atoms with E-state index in [1.807, 2.05) is 38.1 Å². The number of nitrogens with one attached hydrogen (secondary N) is 1. The first-order chi connectivity index (χ1) is 15.8. The lowest BCUT2D eigenvalue weighted by Gasteiger charge is -2.24. The summed E-state index contributed by atoms with van der Waals surface area (Å²) in [5.74, 6) is -0.00296. The van der Waals surface area contributed by atoms with E-state index >= 15 is 0 Å². The first kappa shape index (κ1) is 24.5. The van der Waals surface area contributed by atoms with Crippen LogP contribution in [0.5, 0.6) is 5.75 Å². The summed E-state index contributed by atoms with van der Waals surface area (Å²) in [5, 5.41) is 3.94. The average molecular weight is 530 g/mol. The van der Waals surface area contributed by atoms with Gasteiger partial charge in [-0.1, -0.05) is 45.8 Å². The molecule has 0 heterocycles. The topological polar surface area (TPSA) is 88.1 Å². The number of halogens is 1. The first-order valence-electron chi connectivity index (χ1n) is 10.2. The molecule has 3 aromatic carbocycles. The van der Waals surface area contributed by atoms with Gasteiger partial charge in [0.1, 0.15) is 12.3 Å². The number of hydrogen-bond acceptors (Lipinski definition) is 5. The highest BCUT2D eigenvalue weighted by atomic mass is 79.9. The zero-order valence-electron chi connectivity index (χ0n) is 18.2. The van der Waals surface area contributed by atoms with Gasteiger partial charge in [-0.05, 0) is 67.9 Å². The molecule has 0 aromatic heterocycles. The third kappa shape index (κ3) is 6.66. The van der Waals surface area contributed by atoms with Gasteiger partial charge in [-0.3, -0.25) is 9.10 Å². The van der Waals surface area contributed by atoms with E-state index in [-0.39, 0.29) is 4.90 Å². The number of hydrogen-bond donors (Lipinski definition) is 1. The second-order valence-electron chi connectivity index (χ2n) is 7.10. The largest absolute Gasteiger partial charge is 0.494 e. The minimum absolute atomic E-state index is 0.0534. The van der Waals surface area contributed by atoms with Crippen molar-refractivity contribution < 1.29 is 17.9 Å². The van der Waals surface area contributed by atoms with Crippen molar-refractivity contribution in [2.75, 3.05) is 17.5 Å². The van der Waals surface area contributed by atoms with Crippen LogP contribution in [-0.4, -0.2) is 33.7 Å². The van der Waals surface area contributed by atoms with E-state index in [0.717, 1.165) is 19.9 Å². The Kier molecular flexibility index (Phi) is 8.24. The minimum Gasteiger partial charge on any atom is -0.494 e. The minimum atomic E-state index is -4.02. The van der Waals surface area contributed by atoms with Gasteiger partial charge >= 0.3 is 0 Å². The highest BCUT2D eigenvalue weighted by molar-refractivity contribution is 9.10. The van der Waals surface area contributed by atoms with Crippen LogP contribution in [0.2, 0.25) is 0 Å². The summed E-state index contributed by atoms with van der Waals surface area (Å²) >= 11 is 3.36. The summed E-state index contributed by atoms with van der Waals surface area (Å²) in [6.07, 6.45) is 1.49. The number of ether oxygens (including phenoxy) is 1. The number of amides is 1. The third-order valence-electron chi connectivity index (χ3n) is 4.60. The molecule has 3 rings (SSSR count). The molecule has 9 heteroatoms. The molecule has 0 bridgehead atoms. The van der Waals surface area contributed by atoms with Gasteiger partial charge in [0.15, 0.2) is 0 Å². The Morgan fingerprint density at radius 1 is 1.03 bits per heavy atom. The molecule has 0 atom stereocenters. The molecule has 1 N–H and O–H groups in total. The van der Waals surface area contributed by atoms with Gasteiger partial charge in [0.2, 0.25) is 0 Å². The summed E-state index contributed by atoms with van der Waals surface area (Å²) in [6.45, 7) is 3.79. The van der Waals surface area contributed by atoms with Gasteiger partial charge in [-0.2, -0.15) is 5.10 Å². The molecule has 0 aliphatic heterocycles. The molecular formula is C24H24BrN3O4S. The van der Waals surface area contributed by atoms with E-state index in [2.05, 4.69) is 26.5 Å². The molecule has 7 nitrogen and oxygen atoms in total. The molecule has 0 saturated heterocycles. The molecule has 3 aromatic rings. The number of sulfonamides is 1. The van der Waals surface area contributed by atoms with Crippen molar-refractivity contribution in [2.24, 2.45) is 5.10 Å². The van der Waals surface area contributed by atoms with Gasteiger partial charge in [0.05, 0.1) is 23.4 Å². The van der Waals surface area contributed by atoms with Crippen LogP contribution in [0.1, 0.15) is 18.1 Å². The van der Waals surface area contributed by atoms with Crippen molar-refractivity contribution in [1.82, 2.24) is 5.43 Å². The molecule has 0 saturated carbocycles. The lowest BCUT2D eigenvalue weighted by Crippen LogP contribution is -2.39. The number of rotatable bonds is 9. The lowest BCUT2D eigenvalue weighted by atomic mass is 10.2. The maximum absolute atomic E-state index is 13.4. The summed E-state index contributed by atoms with van der Waals surface area (Å²) < 4.78 is 34.2. The second kappa shape index (κ2) is 11.1. The summed E-state index contributed by atoms with van der Waals surface area (Å²) in [4.78, 5) is 12.7. The zero-order valence-corrected chi connectivity index (χ0v) is 20.6. The predicted octanol–water partition coefficient (Wildman–Crippen LogP) is 4.50. The van der Waals surface area contributed by atoms with Crippen LogP contribution >= 0.6 is 15.9 Å². The SMILES string of the molecule is CCOc1ccc(S(=O)(=O)N(CC(=O)N/N=C\c2ccc(Br)cc2)c2ccc(C)cc2)cc1. The van der Waals surface area contributed by atoms with Crippen molar-refractivity contribution in [3.05, 3.63) is 88.4 Å². The van der Waals surface area contributed by atoms with Crippen molar-refractivity contribution >= 4 is 43.8 Å². The number of anilines is 1. The first-order valence-corrected chi connectivity index (χ1v) is 12.4. The standard InChI is InChI=1S/C24H24BrN3O4S/c1-3-32-22-12-14-23(15-13-22)33(30,31)28(21-10-4-18(2)5-11-21)17-24(29)27-26-16-19-6-8-20(25)9-7-19/h4-16H,3,17H2,1-2H3,(H,27,29)/b26-16-. The molecule has 0 spiro atoms. The maximum atomic E-state index is 13.4. The van der Waals surface area contributed by atoms with Crippen LogP contribution in [0.25, 0.3) is 0 Å². The van der Waals surface area contributed by atoms with Gasteiger partial charge in [-0.15, -0.1) is 0 Å². The summed E-state index contributed by atoms with van der Waals surface area (Å²) in [7, 11) is -4.02. The third-order valence-corrected chi connectivity index (χ3v) is 6.92. The molecule has 172 valence electrons. The van der Waals surface area contributed by atoms with Crippen molar-refractivity contribution in [3.63, 3.8) is 0 Å². The Bertz CT molecular complexity index is 1210. The monoisotopic (exact) mass is 529 g/mol. The van der Waals surface area contributed by atoms with E-state index in [1.165, 1.54) is 18.3 Å². The molecular weight excluding hydrogens is 506 g/mol. The Hall–Kier alpha value is -3.17. The fourth-order valence-corrected chi connectivity index (χ4v) is 4.61. The summed E-state index contributed by atoms with van der Waals surface area (Å²) in [6, 6.07) is 20.4. The Morgan fingerprint density at radius 2 is 1.67 bits per heavy atom. The lowest BCUT2D eigenvalue weighted by molar-refractivity contribution is -0.119. The summed E-state index contributed by atoms with van der Waals surface area (Å²) in [5.41, 5.74) is 4.54. The molecule has 0 radical (unpaired) electrons. The van der Waals surface area contributed by atoms with E-state index in [9.17, 15) is 13.2 Å². The van der Waals surface area contributed by atoms with E-state index in [4.69, 9.17) is 4.74 Å². The second-order valence-corrected chi connectivity index (χ2v) is 9.87. The Morgan fingerprint density at radius 3 is 2.27 bits per heavy atom. The van der Waals surface area contributed by atoms with Crippen LogP contribution in [0.15, 0.2) is 87.3 Å². The number of carbonyl (C=O) groups excluding carboxylic acids is 1. The molecule has 0 aliphatic carbocycles. The van der Waals surface area contributed by atoms with Crippen LogP contribution < -0.4 is 14.5 Å². The van der Waals surface area contributed by atoms with E-state index in [1.54, 1.807) is 36.4 Å². The number of nitrogens with zero attached hydrogens (tertiary/aromatic N) is 2. The van der Waals surface area contributed by atoms with Crippen LogP contribution in [-0.2, 0) is 14.8 Å². The number of aryl methyl sites for hydroxylation is 1. The molecule has 1 amide bonds. The van der Waals surface area contributed by atoms with Crippen LogP contribution in [0.4, 0.5) is 5.69 Å². The number of benzene rings is 3. The fourth-order valence-electron chi connectivity index (χ4n) is 2.92. The highest BCUT2D eigenvalue weighted by Crippen LogP contribution is 2.25. The Labute approximate surface area is 202 Å². The van der Waals surface area contributed by atoms with Crippen LogP contribution in [0, 0.1) is 6.92 Å². The van der Waals surface area contributed by atoms with Crippen molar-refractivity contribution in [1.29, 1.82) is 0 Å². The molecule has 0 fully saturated rings. The normalized spacial score (nSPS) is 11.4. The average Bonchev–Trinajstić information content (AvgIpc) is 2.80. The smallest absolute Gasteiger partial charge is 0.264 e. The number of hydrazone groups is 1. The van der Waals surface area contributed by atoms with E-state index < -0.39 is 22.5 Å². The van der Waals surface area contributed by atoms with Gasteiger partial charge in [-0.25, -0.2) is 13.8 Å². The highest BCUT2D eigenvalue weighted by Gasteiger charge is 2.27. The number of carbonyl (C=O) groups is 1. The van der Waals surface area contributed by atoms with E-state index in [0.29, 0.717) is 18.0 Å². The van der Waals surface area contributed by atoms with Gasteiger partial charge in [0, 0.05) is 4.47 Å². The predicted molar refractivity (Wildman–Crippen MR) is 133 cm³/mol. The fraction of sp³-hybridized carbons (Fsp3) is 0.167. The van der Waals surface area contributed by atoms with Crippen LogP contribution in [0.3, 0.4) is 0 Å². The van der Waals surface area contributed by atoms with Crippen molar-refractivity contribution in [2.45, 2.75) is 18.7 Å². The molecule has 0 aliphatic rings. The van der Waals surface area contributed by atoms with Gasteiger partial charge < -0.3 is 4.74 Å². The van der Waals surface area contributed by atoms with Gasteiger partial charge in [0.25, 0.3) is 15.9 Å².